The molecule has 4 heteroatoms. The van der Waals surface area contributed by atoms with E-state index in [0.717, 1.165) is 24.0 Å². The molecule has 1 rings (SSSR count). The molecule has 0 unspecified atom stereocenters. The number of hydrogen-bond acceptors (Lipinski definition) is 1. The fourth-order valence-electron chi connectivity index (χ4n) is 2.06. The van der Waals surface area contributed by atoms with Crippen LogP contribution < -0.4 is 5.73 Å². The van der Waals surface area contributed by atoms with Crippen LogP contribution in [0, 0.1) is 0 Å². The first-order valence-corrected chi connectivity index (χ1v) is 6.97. The molecule has 20 heavy (non-hydrogen) atoms. The fraction of sp³-hybridized carbons (Fsp3) is 0.625. The number of aryl methyl sites for hydroxylation is 1. The standard InChI is InChI=1S/C16H24F3N/c1-11(20)6-5-7-12-8-13(15(2,3)4)10-14(9-12)16(17,18)19/h8-11H,5-7,20H2,1-4H3/t11-/m0/s1. The topological polar surface area (TPSA) is 26.0 Å². The summed E-state index contributed by atoms with van der Waals surface area (Å²) in [6.45, 7) is 7.68. The molecule has 0 aromatic heterocycles. The molecule has 0 radical (unpaired) electrons. The van der Waals surface area contributed by atoms with Crippen molar-refractivity contribution >= 4 is 0 Å². The second-order valence-electron chi connectivity index (χ2n) is 6.54. The van der Waals surface area contributed by atoms with E-state index >= 15 is 0 Å². The van der Waals surface area contributed by atoms with E-state index in [-0.39, 0.29) is 11.5 Å². The van der Waals surface area contributed by atoms with Crippen LogP contribution in [0.25, 0.3) is 0 Å². The molecule has 0 aliphatic heterocycles. The summed E-state index contributed by atoms with van der Waals surface area (Å²) >= 11 is 0. The zero-order chi connectivity index (χ0) is 15.6. The van der Waals surface area contributed by atoms with Gasteiger partial charge in [-0.1, -0.05) is 26.8 Å². The van der Waals surface area contributed by atoms with Crippen LogP contribution in [0.4, 0.5) is 13.2 Å². The van der Waals surface area contributed by atoms with E-state index in [2.05, 4.69) is 0 Å². The Hall–Kier alpha value is -1.03. The van der Waals surface area contributed by atoms with Gasteiger partial charge in [-0.15, -0.1) is 0 Å². The summed E-state index contributed by atoms with van der Waals surface area (Å²) in [6, 6.07) is 4.49. The molecule has 114 valence electrons. The summed E-state index contributed by atoms with van der Waals surface area (Å²) in [6.07, 6.45) is -2.03. The molecule has 0 saturated carbocycles. The van der Waals surface area contributed by atoms with Crippen LogP contribution in [0.2, 0.25) is 0 Å². The van der Waals surface area contributed by atoms with Crippen LogP contribution in [-0.2, 0) is 18.0 Å². The van der Waals surface area contributed by atoms with Crippen LogP contribution in [0.15, 0.2) is 18.2 Å². The van der Waals surface area contributed by atoms with Crippen molar-refractivity contribution in [3.63, 3.8) is 0 Å². The molecular formula is C16H24F3N. The number of hydrogen-bond donors (Lipinski definition) is 1. The number of benzene rings is 1. The van der Waals surface area contributed by atoms with Crippen LogP contribution in [0.5, 0.6) is 0 Å². The molecule has 0 amide bonds. The average molecular weight is 287 g/mol. The lowest BCUT2D eigenvalue weighted by Gasteiger charge is -2.22. The van der Waals surface area contributed by atoms with Gasteiger partial charge in [-0.25, -0.2) is 0 Å². The van der Waals surface area contributed by atoms with Crippen LogP contribution in [0.1, 0.15) is 57.2 Å². The second-order valence-corrected chi connectivity index (χ2v) is 6.54. The molecule has 1 aromatic rings. The van der Waals surface area contributed by atoms with Gasteiger partial charge in [-0.2, -0.15) is 13.2 Å². The maximum absolute atomic E-state index is 13.0. The lowest BCUT2D eigenvalue weighted by Crippen LogP contribution is -2.16. The van der Waals surface area contributed by atoms with E-state index in [1.165, 1.54) is 12.1 Å². The van der Waals surface area contributed by atoms with Gasteiger partial charge in [0.25, 0.3) is 0 Å². The van der Waals surface area contributed by atoms with Crippen molar-refractivity contribution in [2.45, 2.75) is 64.6 Å². The van der Waals surface area contributed by atoms with Crippen molar-refractivity contribution in [3.05, 3.63) is 34.9 Å². The SMILES string of the molecule is C[C@H](N)CCCc1cc(C(C)(C)C)cc(C(F)(F)F)c1. The maximum atomic E-state index is 13.0. The average Bonchev–Trinajstić information content (AvgIpc) is 2.25. The Labute approximate surface area is 119 Å². The van der Waals surface area contributed by atoms with E-state index in [9.17, 15) is 13.2 Å². The minimum absolute atomic E-state index is 0.0860. The summed E-state index contributed by atoms with van der Waals surface area (Å²) in [7, 11) is 0. The van der Waals surface area contributed by atoms with Gasteiger partial charge >= 0.3 is 6.18 Å². The lowest BCUT2D eigenvalue weighted by atomic mass is 9.84. The molecule has 0 fully saturated rings. The van der Waals surface area contributed by atoms with Gasteiger partial charge in [0.2, 0.25) is 0 Å². The Kier molecular flexibility index (Phi) is 5.25. The first-order valence-electron chi connectivity index (χ1n) is 6.97. The monoisotopic (exact) mass is 287 g/mol. The number of alkyl halides is 3. The molecule has 0 spiro atoms. The highest BCUT2D eigenvalue weighted by molar-refractivity contribution is 5.35. The second kappa shape index (κ2) is 6.17. The molecule has 0 heterocycles. The maximum Gasteiger partial charge on any atom is 0.416 e. The molecule has 1 aromatic carbocycles. The zero-order valence-electron chi connectivity index (χ0n) is 12.6. The first kappa shape index (κ1) is 17.0. The highest BCUT2D eigenvalue weighted by Gasteiger charge is 2.32. The minimum atomic E-state index is -4.29. The smallest absolute Gasteiger partial charge is 0.328 e. The van der Waals surface area contributed by atoms with Crippen LogP contribution in [0.3, 0.4) is 0 Å². The lowest BCUT2D eigenvalue weighted by molar-refractivity contribution is -0.137. The molecule has 2 N–H and O–H groups in total. The van der Waals surface area contributed by atoms with Crippen molar-refractivity contribution in [2.75, 3.05) is 0 Å². The molecule has 0 aliphatic rings. The molecule has 1 atom stereocenters. The van der Waals surface area contributed by atoms with Gasteiger partial charge in [0.1, 0.15) is 0 Å². The Morgan fingerprint density at radius 3 is 2.05 bits per heavy atom. The first-order chi connectivity index (χ1) is 9.00. The number of nitrogens with two attached hydrogens (primary N) is 1. The fourth-order valence-corrected chi connectivity index (χ4v) is 2.06. The van der Waals surface area contributed by atoms with Gasteiger partial charge in [0.05, 0.1) is 5.56 Å². The number of halogens is 3. The quantitative estimate of drug-likeness (QED) is 0.855. The van der Waals surface area contributed by atoms with Crippen molar-refractivity contribution in [3.8, 4) is 0 Å². The van der Waals surface area contributed by atoms with Crippen molar-refractivity contribution in [2.24, 2.45) is 5.73 Å². The summed E-state index contributed by atoms with van der Waals surface area (Å²) < 4.78 is 38.9. The van der Waals surface area contributed by atoms with Gasteiger partial charge in [-0.05, 0) is 54.9 Å². The third-order valence-electron chi connectivity index (χ3n) is 3.31. The minimum Gasteiger partial charge on any atom is -0.328 e. The van der Waals surface area contributed by atoms with Gasteiger partial charge in [0.15, 0.2) is 0 Å². The third kappa shape index (κ3) is 5.16. The Balaban J connectivity index is 3.05. The van der Waals surface area contributed by atoms with Crippen molar-refractivity contribution in [1.82, 2.24) is 0 Å². The highest BCUT2D eigenvalue weighted by atomic mass is 19.4. The largest absolute Gasteiger partial charge is 0.416 e. The Bertz CT molecular complexity index is 410. The summed E-state index contributed by atoms with van der Waals surface area (Å²) in [4.78, 5) is 0. The van der Waals surface area contributed by atoms with Crippen LogP contribution >= 0.6 is 0 Å². The molecule has 0 saturated heterocycles. The Morgan fingerprint density at radius 2 is 1.60 bits per heavy atom. The predicted molar refractivity (Wildman–Crippen MR) is 76.7 cm³/mol. The summed E-state index contributed by atoms with van der Waals surface area (Å²) in [5.41, 5.74) is 6.29. The van der Waals surface area contributed by atoms with Crippen molar-refractivity contribution < 1.29 is 13.2 Å². The van der Waals surface area contributed by atoms with Gasteiger partial charge in [0, 0.05) is 6.04 Å². The van der Waals surface area contributed by atoms with E-state index in [0.29, 0.717) is 6.42 Å². The zero-order valence-corrected chi connectivity index (χ0v) is 12.6. The molecule has 1 nitrogen and oxygen atoms in total. The normalized spacial score (nSPS) is 14.4. The Morgan fingerprint density at radius 1 is 1.05 bits per heavy atom. The predicted octanol–water partition coefficient (Wildman–Crippen LogP) is 4.67. The van der Waals surface area contributed by atoms with Gasteiger partial charge < -0.3 is 5.73 Å². The third-order valence-corrected chi connectivity index (χ3v) is 3.31. The van der Waals surface area contributed by atoms with Crippen molar-refractivity contribution in [1.29, 1.82) is 0 Å². The van der Waals surface area contributed by atoms with E-state index in [1.54, 1.807) is 0 Å². The summed E-state index contributed by atoms with van der Waals surface area (Å²) in [5, 5.41) is 0. The van der Waals surface area contributed by atoms with E-state index < -0.39 is 11.7 Å². The van der Waals surface area contributed by atoms with Crippen LogP contribution in [-0.4, -0.2) is 6.04 Å². The van der Waals surface area contributed by atoms with Gasteiger partial charge in [-0.3, -0.25) is 0 Å². The van der Waals surface area contributed by atoms with E-state index in [4.69, 9.17) is 5.73 Å². The molecule has 0 bridgehead atoms. The summed E-state index contributed by atoms with van der Waals surface area (Å²) in [5.74, 6) is 0. The number of rotatable bonds is 4. The molecule has 0 aliphatic carbocycles. The highest BCUT2D eigenvalue weighted by Crippen LogP contribution is 2.34. The van der Waals surface area contributed by atoms with E-state index in [1.807, 2.05) is 33.8 Å². The molecular weight excluding hydrogens is 263 g/mol.